The Hall–Kier alpha value is -6.23. The lowest BCUT2D eigenvalue weighted by molar-refractivity contribution is 1.04. The number of rotatable bonds is 8. The molecule has 6 aromatic carbocycles. The normalized spacial score (nSPS) is 11.8. The third kappa shape index (κ3) is 5.98. The molecule has 0 N–H and O–H groups in total. The van der Waals surface area contributed by atoms with Crippen molar-refractivity contribution in [2.24, 2.45) is 0 Å². The zero-order chi connectivity index (χ0) is 33.9. The van der Waals surface area contributed by atoms with Crippen molar-refractivity contribution < 1.29 is 0 Å². The fraction of sp³-hybridized carbons (Fsp3) is 0.0217. The standard InChI is InChI=1S/C46H33N3S/c1-3-14-34(15-4-2)44-47-45(35-18-9-6-10-19-35)49-46(48-44)37-21-11-20-36(30-37)39-23-13-25-41-40-24-12-22-38(42(40)50-43(39)41)33-28-26-32(27-29-33)31-16-7-5-8-17-31/h3-30H,1H2,2H3/b15-4-,34-14+. The van der Waals surface area contributed by atoms with Crippen LogP contribution in [0.15, 0.2) is 176 Å². The molecule has 4 heteroatoms. The highest BCUT2D eigenvalue weighted by atomic mass is 32.1. The van der Waals surface area contributed by atoms with Crippen LogP contribution in [-0.4, -0.2) is 15.0 Å². The lowest BCUT2D eigenvalue weighted by Gasteiger charge is -2.10. The lowest BCUT2D eigenvalue weighted by atomic mass is 9.98. The van der Waals surface area contributed by atoms with Crippen LogP contribution in [0, 0.1) is 0 Å². The molecule has 238 valence electrons. The van der Waals surface area contributed by atoms with Crippen LogP contribution >= 0.6 is 11.3 Å². The van der Waals surface area contributed by atoms with Crippen molar-refractivity contribution in [3.63, 3.8) is 0 Å². The monoisotopic (exact) mass is 659 g/mol. The van der Waals surface area contributed by atoms with Crippen LogP contribution in [0.5, 0.6) is 0 Å². The molecule has 0 saturated carbocycles. The second kappa shape index (κ2) is 13.7. The van der Waals surface area contributed by atoms with Gasteiger partial charge in [0, 0.05) is 36.9 Å². The molecular formula is C46H33N3S. The summed E-state index contributed by atoms with van der Waals surface area (Å²) in [5.41, 5.74) is 9.96. The summed E-state index contributed by atoms with van der Waals surface area (Å²) in [4.78, 5) is 14.8. The third-order valence-electron chi connectivity index (χ3n) is 8.83. The van der Waals surface area contributed by atoms with E-state index >= 15 is 0 Å². The molecule has 0 fully saturated rings. The van der Waals surface area contributed by atoms with Gasteiger partial charge in [0.05, 0.1) is 0 Å². The fourth-order valence-corrected chi connectivity index (χ4v) is 7.81. The first kappa shape index (κ1) is 31.1. The highest BCUT2D eigenvalue weighted by Crippen LogP contribution is 2.44. The first-order chi connectivity index (χ1) is 24.7. The number of aromatic nitrogens is 3. The van der Waals surface area contributed by atoms with E-state index in [1.807, 2.05) is 66.8 Å². The van der Waals surface area contributed by atoms with Crippen LogP contribution in [0.2, 0.25) is 0 Å². The molecule has 0 unspecified atom stereocenters. The number of allylic oxidation sites excluding steroid dienone is 5. The van der Waals surface area contributed by atoms with Gasteiger partial charge in [-0.3, -0.25) is 0 Å². The second-order valence-electron chi connectivity index (χ2n) is 12.0. The Kier molecular flexibility index (Phi) is 8.52. The van der Waals surface area contributed by atoms with Gasteiger partial charge in [0.25, 0.3) is 0 Å². The maximum Gasteiger partial charge on any atom is 0.164 e. The maximum absolute atomic E-state index is 4.98. The van der Waals surface area contributed by atoms with Gasteiger partial charge in [0.15, 0.2) is 17.5 Å². The number of nitrogens with zero attached hydrogens (tertiary/aromatic N) is 3. The molecule has 0 aliphatic heterocycles. The molecule has 0 atom stereocenters. The molecule has 0 radical (unpaired) electrons. The highest BCUT2D eigenvalue weighted by Gasteiger charge is 2.16. The summed E-state index contributed by atoms with van der Waals surface area (Å²) in [6.07, 6.45) is 7.68. The van der Waals surface area contributed by atoms with Gasteiger partial charge in [-0.2, -0.15) is 0 Å². The van der Waals surface area contributed by atoms with E-state index in [0.717, 1.165) is 22.3 Å². The summed E-state index contributed by atoms with van der Waals surface area (Å²) in [5.74, 6) is 1.86. The molecule has 8 rings (SSSR count). The fourth-order valence-electron chi connectivity index (χ4n) is 6.44. The summed E-state index contributed by atoms with van der Waals surface area (Å²) in [6.45, 7) is 5.90. The molecule has 0 spiro atoms. The number of hydrogen-bond acceptors (Lipinski definition) is 4. The van der Waals surface area contributed by atoms with Crippen LogP contribution < -0.4 is 0 Å². The van der Waals surface area contributed by atoms with Crippen molar-refractivity contribution in [1.29, 1.82) is 0 Å². The number of thiophene rings is 1. The second-order valence-corrected chi connectivity index (χ2v) is 13.0. The summed E-state index contributed by atoms with van der Waals surface area (Å²) in [7, 11) is 0. The van der Waals surface area contributed by atoms with Crippen LogP contribution in [0.25, 0.3) is 81.9 Å². The predicted octanol–water partition coefficient (Wildman–Crippen LogP) is 12.7. The molecule has 0 aliphatic carbocycles. The summed E-state index contributed by atoms with van der Waals surface area (Å²) in [5, 5.41) is 2.53. The first-order valence-corrected chi connectivity index (χ1v) is 17.5. The van der Waals surface area contributed by atoms with Gasteiger partial charge in [0.1, 0.15) is 0 Å². The molecule has 2 aromatic heterocycles. The molecule has 2 heterocycles. The van der Waals surface area contributed by atoms with Crippen molar-refractivity contribution in [1.82, 2.24) is 15.0 Å². The van der Waals surface area contributed by atoms with Crippen molar-refractivity contribution in [3.05, 3.63) is 182 Å². The zero-order valence-electron chi connectivity index (χ0n) is 27.6. The Morgan fingerprint density at radius 1 is 0.520 bits per heavy atom. The van der Waals surface area contributed by atoms with E-state index in [4.69, 9.17) is 15.0 Å². The van der Waals surface area contributed by atoms with Crippen molar-refractivity contribution >= 4 is 37.1 Å². The molecule has 0 aliphatic rings. The lowest BCUT2D eigenvalue weighted by Crippen LogP contribution is -2.02. The predicted molar refractivity (Wildman–Crippen MR) is 213 cm³/mol. The molecule has 0 bridgehead atoms. The van der Waals surface area contributed by atoms with Crippen LogP contribution in [0.4, 0.5) is 0 Å². The highest BCUT2D eigenvalue weighted by molar-refractivity contribution is 7.26. The average Bonchev–Trinajstić information content (AvgIpc) is 3.58. The Balaban J connectivity index is 1.23. The minimum Gasteiger partial charge on any atom is -0.208 e. The van der Waals surface area contributed by atoms with Gasteiger partial charge < -0.3 is 0 Å². The molecular weight excluding hydrogens is 627 g/mol. The van der Waals surface area contributed by atoms with E-state index in [-0.39, 0.29) is 0 Å². The van der Waals surface area contributed by atoms with E-state index in [0.29, 0.717) is 17.5 Å². The van der Waals surface area contributed by atoms with E-state index in [1.54, 1.807) is 6.08 Å². The van der Waals surface area contributed by atoms with Crippen LogP contribution in [0.3, 0.4) is 0 Å². The van der Waals surface area contributed by atoms with Gasteiger partial charge in [0.2, 0.25) is 0 Å². The minimum absolute atomic E-state index is 0.605. The Labute approximate surface area is 296 Å². The van der Waals surface area contributed by atoms with E-state index < -0.39 is 0 Å². The van der Waals surface area contributed by atoms with E-state index in [2.05, 4.69) is 122 Å². The van der Waals surface area contributed by atoms with Crippen molar-refractivity contribution in [2.75, 3.05) is 0 Å². The van der Waals surface area contributed by atoms with E-state index in [1.165, 1.54) is 48.0 Å². The Morgan fingerprint density at radius 2 is 1.04 bits per heavy atom. The van der Waals surface area contributed by atoms with Crippen molar-refractivity contribution in [2.45, 2.75) is 6.92 Å². The van der Waals surface area contributed by atoms with Crippen LogP contribution in [0.1, 0.15) is 12.7 Å². The molecule has 0 saturated heterocycles. The van der Waals surface area contributed by atoms with Gasteiger partial charge in [-0.1, -0.05) is 170 Å². The number of hydrogen-bond donors (Lipinski definition) is 0. The Bertz CT molecular complexity index is 2540. The molecule has 3 nitrogen and oxygen atoms in total. The van der Waals surface area contributed by atoms with Gasteiger partial charge in [-0.25, -0.2) is 15.0 Å². The number of fused-ring (bicyclic) bond motifs is 3. The number of benzene rings is 6. The maximum atomic E-state index is 4.98. The average molecular weight is 660 g/mol. The van der Waals surface area contributed by atoms with E-state index in [9.17, 15) is 0 Å². The summed E-state index contributed by atoms with van der Waals surface area (Å²) >= 11 is 1.86. The van der Waals surface area contributed by atoms with Gasteiger partial charge >= 0.3 is 0 Å². The first-order valence-electron chi connectivity index (χ1n) is 16.7. The SMILES string of the molecule is C=C/C=C(\C=C/C)c1nc(-c2ccccc2)nc(-c2cccc(-c3cccc4c3sc3c(-c5ccc(-c6ccccc6)cc5)cccc34)c2)n1. The molecule has 0 amide bonds. The Morgan fingerprint density at radius 3 is 1.68 bits per heavy atom. The largest absolute Gasteiger partial charge is 0.208 e. The minimum atomic E-state index is 0.605. The molecule has 50 heavy (non-hydrogen) atoms. The topological polar surface area (TPSA) is 38.7 Å². The summed E-state index contributed by atoms with van der Waals surface area (Å²) in [6, 6.07) is 51.3. The quantitative estimate of drug-likeness (QED) is 0.152. The van der Waals surface area contributed by atoms with Crippen molar-refractivity contribution in [3.8, 4) is 56.2 Å². The third-order valence-corrected chi connectivity index (χ3v) is 10.1. The van der Waals surface area contributed by atoms with Gasteiger partial charge in [-0.15, -0.1) is 11.3 Å². The zero-order valence-corrected chi connectivity index (χ0v) is 28.4. The van der Waals surface area contributed by atoms with Crippen LogP contribution in [-0.2, 0) is 0 Å². The summed E-state index contributed by atoms with van der Waals surface area (Å²) < 4.78 is 2.55. The smallest absolute Gasteiger partial charge is 0.164 e. The molecule has 8 aromatic rings. The van der Waals surface area contributed by atoms with Gasteiger partial charge in [-0.05, 0) is 46.4 Å².